The fourth-order valence-electron chi connectivity index (χ4n) is 3.27. The number of methoxy groups -OCH3 is 1. The third-order valence-electron chi connectivity index (χ3n) is 4.47. The van der Waals surface area contributed by atoms with Crippen LogP contribution in [0.5, 0.6) is 5.75 Å². The molecule has 0 radical (unpaired) electrons. The first-order valence-electron chi connectivity index (χ1n) is 8.34. The number of hydrogen-bond acceptors (Lipinski definition) is 5. The lowest BCUT2D eigenvalue weighted by molar-refractivity contribution is -0.122. The fourth-order valence-corrected chi connectivity index (χ4v) is 4.38. The summed E-state index contributed by atoms with van der Waals surface area (Å²) in [5, 5.41) is 7.28. The van der Waals surface area contributed by atoms with Crippen LogP contribution in [0.25, 0.3) is 0 Å². The summed E-state index contributed by atoms with van der Waals surface area (Å²) in [6.45, 7) is 2.67. The molecule has 2 aliphatic rings. The summed E-state index contributed by atoms with van der Waals surface area (Å²) >= 11 is 8.03. The molecule has 24 heavy (non-hydrogen) atoms. The minimum absolute atomic E-state index is 0.139. The van der Waals surface area contributed by atoms with E-state index >= 15 is 0 Å². The predicted octanol–water partition coefficient (Wildman–Crippen LogP) is 2.14. The fraction of sp³-hybridized carbons (Fsp3) is 0.588. The molecule has 0 spiro atoms. The Morgan fingerprint density at radius 1 is 1.54 bits per heavy atom. The maximum atomic E-state index is 12.3. The topological polar surface area (TPSA) is 53.6 Å². The summed E-state index contributed by atoms with van der Waals surface area (Å²) in [5.41, 5.74) is 0.993. The Balaban J connectivity index is 1.53. The largest absolute Gasteiger partial charge is 0.495 e. The molecule has 2 atom stereocenters. The van der Waals surface area contributed by atoms with Crippen molar-refractivity contribution in [2.24, 2.45) is 0 Å². The van der Waals surface area contributed by atoms with Gasteiger partial charge in [0.05, 0.1) is 12.8 Å². The standard InChI is InChI=1S/C17H24ClN3O2S/c1-23-16-3-2-12(18)8-15(16)21-6-4-13(10-21)20-17(22)9-14-11-24-7-5-19-14/h2-3,8,13-14,19H,4-7,9-11H2,1H3,(H,20,22). The van der Waals surface area contributed by atoms with Crippen molar-refractivity contribution < 1.29 is 9.53 Å². The molecule has 2 aliphatic heterocycles. The number of nitrogens with one attached hydrogen (secondary N) is 2. The van der Waals surface area contributed by atoms with Crippen LogP contribution < -0.4 is 20.3 Å². The maximum absolute atomic E-state index is 12.3. The van der Waals surface area contributed by atoms with Crippen molar-refractivity contribution >= 4 is 35.0 Å². The molecule has 0 aromatic heterocycles. The normalized spacial score (nSPS) is 24.0. The van der Waals surface area contributed by atoms with Crippen molar-refractivity contribution in [1.82, 2.24) is 10.6 Å². The summed E-state index contributed by atoms with van der Waals surface area (Å²) in [7, 11) is 1.66. The Morgan fingerprint density at radius 3 is 3.17 bits per heavy atom. The van der Waals surface area contributed by atoms with Gasteiger partial charge in [-0.05, 0) is 24.6 Å². The molecule has 7 heteroatoms. The molecule has 2 saturated heterocycles. The quantitative estimate of drug-likeness (QED) is 0.832. The van der Waals surface area contributed by atoms with Crippen molar-refractivity contribution in [1.29, 1.82) is 0 Å². The molecular formula is C17H24ClN3O2S. The van der Waals surface area contributed by atoms with E-state index < -0.39 is 0 Å². The van der Waals surface area contributed by atoms with E-state index in [4.69, 9.17) is 16.3 Å². The molecule has 2 unspecified atom stereocenters. The summed E-state index contributed by atoms with van der Waals surface area (Å²) < 4.78 is 5.43. The Labute approximate surface area is 152 Å². The second-order valence-corrected chi connectivity index (χ2v) is 7.83. The van der Waals surface area contributed by atoms with Crippen molar-refractivity contribution in [3.05, 3.63) is 23.2 Å². The van der Waals surface area contributed by atoms with Gasteiger partial charge in [-0.25, -0.2) is 0 Å². The first-order chi connectivity index (χ1) is 11.7. The van der Waals surface area contributed by atoms with Gasteiger partial charge in [0.2, 0.25) is 5.91 Å². The first kappa shape index (κ1) is 17.7. The van der Waals surface area contributed by atoms with E-state index in [1.54, 1.807) is 7.11 Å². The van der Waals surface area contributed by atoms with Crippen LogP contribution in [0.15, 0.2) is 18.2 Å². The number of nitrogens with zero attached hydrogens (tertiary/aromatic N) is 1. The number of halogens is 1. The van der Waals surface area contributed by atoms with Gasteiger partial charge in [-0.3, -0.25) is 4.79 Å². The number of rotatable bonds is 5. The van der Waals surface area contributed by atoms with Crippen LogP contribution in [-0.4, -0.2) is 56.2 Å². The monoisotopic (exact) mass is 369 g/mol. The van der Waals surface area contributed by atoms with Gasteiger partial charge in [0.25, 0.3) is 0 Å². The van der Waals surface area contributed by atoms with E-state index in [-0.39, 0.29) is 11.9 Å². The number of benzene rings is 1. The lowest BCUT2D eigenvalue weighted by Crippen LogP contribution is -2.44. The highest BCUT2D eigenvalue weighted by atomic mass is 35.5. The minimum atomic E-state index is 0.139. The van der Waals surface area contributed by atoms with Crippen LogP contribution in [-0.2, 0) is 4.79 Å². The maximum Gasteiger partial charge on any atom is 0.221 e. The van der Waals surface area contributed by atoms with Gasteiger partial charge in [0, 0.05) is 54.7 Å². The molecule has 1 amide bonds. The third kappa shape index (κ3) is 4.49. The SMILES string of the molecule is COc1ccc(Cl)cc1N1CCC(NC(=O)CC2CSCCN2)C1. The molecular weight excluding hydrogens is 346 g/mol. The number of carbonyl (C=O) groups is 1. The van der Waals surface area contributed by atoms with E-state index in [9.17, 15) is 4.79 Å². The average Bonchev–Trinajstić information content (AvgIpc) is 3.04. The van der Waals surface area contributed by atoms with Gasteiger partial charge < -0.3 is 20.3 Å². The summed E-state index contributed by atoms with van der Waals surface area (Å²) in [4.78, 5) is 14.5. The second-order valence-electron chi connectivity index (χ2n) is 6.25. The van der Waals surface area contributed by atoms with Gasteiger partial charge in [-0.1, -0.05) is 11.6 Å². The van der Waals surface area contributed by atoms with Crippen LogP contribution in [0.3, 0.4) is 0 Å². The van der Waals surface area contributed by atoms with Gasteiger partial charge in [-0.15, -0.1) is 0 Å². The first-order valence-corrected chi connectivity index (χ1v) is 9.88. The zero-order chi connectivity index (χ0) is 16.9. The zero-order valence-electron chi connectivity index (χ0n) is 13.9. The Hall–Kier alpha value is -1.11. The predicted molar refractivity (Wildman–Crippen MR) is 100 cm³/mol. The zero-order valence-corrected chi connectivity index (χ0v) is 15.5. The van der Waals surface area contributed by atoms with E-state index in [2.05, 4.69) is 15.5 Å². The third-order valence-corrected chi connectivity index (χ3v) is 5.83. The number of anilines is 1. The van der Waals surface area contributed by atoms with Crippen molar-refractivity contribution in [3.8, 4) is 5.75 Å². The molecule has 1 aromatic rings. The molecule has 132 valence electrons. The highest BCUT2D eigenvalue weighted by Crippen LogP contribution is 2.33. The van der Waals surface area contributed by atoms with Crippen molar-refractivity contribution in [2.75, 3.05) is 43.1 Å². The molecule has 5 nitrogen and oxygen atoms in total. The molecule has 0 bridgehead atoms. The number of amides is 1. The molecule has 2 fully saturated rings. The van der Waals surface area contributed by atoms with E-state index in [1.807, 2.05) is 30.0 Å². The van der Waals surface area contributed by atoms with E-state index in [0.717, 1.165) is 49.0 Å². The number of carbonyl (C=O) groups excluding carboxylic acids is 1. The van der Waals surface area contributed by atoms with Gasteiger partial charge >= 0.3 is 0 Å². The highest BCUT2D eigenvalue weighted by Gasteiger charge is 2.27. The van der Waals surface area contributed by atoms with Crippen molar-refractivity contribution in [2.45, 2.75) is 24.9 Å². The minimum Gasteiger partial charge on any atom is -0.495 e. The van der Waals surface area contributed by atoms with Crippen LogP contribution in [0.2, 0.25) is 5.02 Å². The lowest BCUT2D eigenvalue weighted by atomic mass is 10.2. The van der Waals surface area contributed by atoms with Crippen LogP contribution in [0.4, 0.5) is 5.69 Å². The Bertz CT molecular complexity index is 581. The van der Waals surface area contributed by atoms with E-state index in [0.29, 0.717) is 17.5 Å². The molecule has 1 aromatic carbocycles. The van der Waals surface area contributed by atoms with Crippen molar-refractivity contribution in [3.63, 3.8) is 0 Å². The molecule has 0 saturated carbocycles. The smallest absolute Gasteiger partial charge is 0.221 e. The molecule has 2 N–H and O–H groups in total. The van der Waals surface area contributed by atoms with Crippen LogP contribution >= 0.6 is 23.4 Å². The molecule has 2 heterocycles. The van der Waals surface area contributed by atoms with E-state index in [1.165, 1.54) is 0 Å². The second kappa shape index (κ2) is 8.32. The molecule has 3 rings (SSSR count). The number of thioether (sulfide) groups is 1. The highest BCUT2D eigenvalue weighted by molar-refractivity contribution is 7.99. The summed E-state index contributed by atoms with van der Waals surface area (Å²) in [5.74, 6) is 3.11. The van der Waals surface area contributed by atoms with Gasteiger partial charge in [0.15, 0.2) is 0 Å². The molecule has 0 aliphatic carbocycles. The van der Waals surface area contributed by atoms with Crippen LogP contribution in [0, 0.1) is 0 Å². The Kier molecular flexibility index (Phi) is 6.14. The average molecular weight is 370 g/mol. The lowest BCUT2D eigenvalue weighted by Gasteiger charge is -2.24. The number of ether oxygens (including phenoxy) is 1. The van der Waals surface area contributed by atoms with Gasteiger partial charge in [-0.2, -0.15) is 11.8 Å². The van der Waals surface area contributed by atoms with Gasteiger partial charge in [0.1, 0.15) is 5.75 Å². The summed E-state index contributed by atoms with van der Waals surface area (Å²) in [6.07, 6.45) is 1.50. The Morgan fingerprint density at radius 2 is 2.42 bits per heavy atom. The van der Waals surface area contributed by atoms with Crippen LogP contribution in [0.1, 0.15) is 12.8 Å². The summed E-state index contributed by atoms with van der Waals surface area (Å²) in [6, 6.07) is 6.12. The number of hydrogen-bond donors (Lipinski definition) is 2.